The highest BCUT2D eigenvalue weighted by atomic mass is 32.1. The fourth-order valence-corrected chi connectivity index (χ4v) is 2.43. The van der Waals surface area contributed by atoms with E-state index in [1.54, 1.807) is 12.1 Å². The molecular weight excluding hydrogens is 279 g/mol. The highest BCUT2D eigenvalue weighted by Crippen LogP contribution is 2.23. The van der Waals surface area contributed by atoms with Crippen molar-refractivity contribution in [2.24, 2.45) is 5.73 Å². The number of hydrogen-bond acceptors (Lipinski definition) is 4. The Balaban J connectivity index is 1.83. The van der Waals surface area contributed by atoms with Crippen LogP contribution in [0.3, 0.4) is 0 Å². The van der Waals surface area contributed by atoms with Crippen molar-refractivity contribution in [2.45, 2.75) is 6.54 Å². The number of carbonyl (C=O) groups is 1. The molecule has 0 aliphatic heterocycles. The number of nitrogens with two attached hydrogens (primary N) is 1. The van der Waals surface area contributed by atoms with E-state index in [2.05, 4.69) is 15.6 Å². The summed E-state index contributed by atoms with van der Waals surface area (Å²) in [5.41, 5.74) is 6.76. The van der Waals surface area contributed by atoms with E-state index in [4.69, 9.17) is 5.73 Å². The number of urea groups is 1. The van der Waals surface area contributed by atoms with Crippen LogP contribution in [0.25, 0.3) is 10.6 Å². The molecule has 0 saturated heterocycles. The topological polar surface area (TPSA) is 80.0 Å². The molecule has 2 rings (SSSR count). The Hall–Kier alpha value is -1.99. The number of halogens is 1. The Morgan fingerprint density at radius 3 is 2.75 bits per heavy atom. The van der Waals surface area contributed by atoms with E-state index in [0.717, 1.165) is 16.3 Å². The highest BCUT2D eigenvalue weighted by Gasteiger charge is 2.04. The van der Waals surface area contributed by atoms with Crippen LogP contribution in [0.5, 0.6) is 0 Å². The summed E-state index contributed by atoms with van der Waals surface area (Å²) in [7, 11) is 0. The van der Waals surface area contributed by atoms with Gasteiger partial charge < -0.3 is 16.4 Å². The van der Waals surface area contributed by atoms with E-state index < -0.39 is 6.03 Å². The molecule has 5 nitrogen and oxygen atoms in total. The van der Waals surface area contributed by atoms with E-state index in [1.165, 1.54) is 23.5 Å². The van der Waals surface area contributed by atoms with Crippen LogP contribution in [-0.2, 0) is 6.54 Å². The number of nitrogens with one attached hydrogen (secondary N) is 2. The van der Waals surface area contributed by atoms with Gasteiger partial charge in [-0.2, -0.15) is 0 Å². The molecule has 0 unspecified atom stereocenters. The Morgan fingerprint density at radius 2 is 2.05 bits per heavy atom. The minimum absolute atomic E-state index is 0.255. The third-order valence-electron chi connectivity index (χ3n) is 2.55. The Bertz CT molecular complexity index is 570. The van der Waals surface area contributed by atoms with Crippen LogP contribution in [0, 0.1) is 5.82 Å². The van der Waals surface area contributed by atoms with Gasteiger partial charge in [-0.25, -0.2) is 14.2 Å². The van der Waals surface area contributed by atoms with Crippen molar-refractivity contribution in [1.29, 1.82) is 0 Å². The minimum Gasteiger partial charge on any atom is -0.352 e. The lowest BCUT2D eigenvalue weighted by molar-refractivity contribution is 0.249. The molecular formula is C13H15FN4OS. The lowest BCUT2D eigenvalue weighted by atomic mass is 10.2. The summed E-state index contributed by atoms with van der Waals surface area (Å²) < 4.78 is 12.8. The first-order valence-electron chi connectivity index (χ1n) is 6.09. The molecule has 4 N–H and O–H groups in total. The fraction of sp³-hybridized carbons (Fsp3) is 0.231. The van der Waals surface area contributed by atoms with Gasteiger partial charge in [0.05, 0.1) is 5.69 Å². The van der Waals surface area contributed by atoms with Crippen LogP contribution in [0.15, 0.2) is 29.6 Å². The maximum absolute atomic E-state index is 12.8. The second-order valence-corrected chi connectivity index (χ2v) is 4.98. The number of primary amides is 1. The standard InChI is InChI=1S/C13H15FN4OS/c14-10-3-1-9(2-4-10)12-18-11(8-20-12)7-16-5-6-17-13(15)19/h1-4,8,16H,5-7H2,(H3,15,17,19). The van der Waals surface area contributed by atoms with Gasteiger partial charge >= 0.3 is 6.03 Å². The summed E-state index contributed by atoms with van der Waals surface area (Å²) in [6.07, 6.45) is 0. The third kappa shape index (κ3) is 4.29. The molecule has 1 heterocycles. The normalized spacial score (nSPS) is 10.4. The Kier molecular flexibility index (Phi) is 5.03. The lowest BCUT2D eigenvalue weighted by Gasteiger charge is -2.02. The molecule has 1 aromatic heterocycles. The van der Waals surface area contributed by atoms with E-state index in [9.17, 15) is 9.18 Å². The minimum atomic E-state index is -0.529. The monoisotopic (exact) mass is 294 g/mol. The molecule has 0 saturated carbocycles. The number of hydrogen-bond donors (Lipinski definition) is 3. The number of rotatable bonds is 6. The van der Waals surface area contributed by atoms with Crippen LogP contribution in [0.1, 0.15) is 5.69 Å². The number of thiazole rings is 1. The number of carbonyl (C=O) groups excluding carboxylic acids is 1. The molecule has 0 bridgehead atoms. The number of benzene rings is 1. The van der Waals surface area contributed by atoms with Gasteiger partial charge in [-0.1, -0.05) is 0 Å². The number of nitrogens with zero attached hydrogens (tertiary/aromatic N) is 1. The van der Waals surface area contributed by atoms with Crippen molar-refractivity contribution in [2.75, 3.05) is 13.1 Å². The maximum atomic E-state index is 12.8. The Morgan fingerprint density at radius 1 is 1.30 bits per heavy atom. The first-order chi connectivity index (χ1) is 9.65. The van der Waals surface area contributed by atoms with Crippen molar-refractivity contribution in [1.82, 2.24) is 15.6 Å². The van der Waals surface area contributed by atoms with Gasteiger partial charge in [0.1, 0.15) is 10.8 Å². The van der Waals surface area contributed by atoms with Gasteiger partial charge in [-0.15, -0.1) is 11.3 Å². The molecule has 2 amide bonds. The van der Waals surface area contributed by atoms with Crippen molar-refractivity contribution in [3.05, 3.63) is 41.2 Å². The quantitative estimate of drug-likeness (QED) is 0.710. The van der Waals surface area contributed by atoms with Crippen molar-refractivity contribution < 1.29 is 9.18 Å². The smallest absolute Gasteiger partial charge is 0.312 e. The zero-order valence-corrected chi connectivity index (χ0v) is 11.5. The molecule has 106 valence electrons. The van der Waals surface area contributed by atoms with Crippen LogP contribution in [0.2, 0.25) is 0 Å². The highest BCUT2D eigenvalue weighted by molar-refractivity contribution is 7.13. The second-order valence-electron chi connectivity index (χ2n) is 4.12. The van der Waals surface area contributed by atoms with Gasteiger partial charge in [0.2, 0.25) is 0 Å². The van der Waals surface area contributed by atoms with E-state index >= 15 is 0 Å². The third-order valence-corrected chi connectivity index (χ3v) is 3.49. The van der Waals surface area contributed by atoms with Crippen LogP contribution in [-0.4, -0.2) is 24.1 Å². The molecule has 0 radical (unpaired) electrons. The summed E-state index contributed by atoms with van der Waals surface area (Å²) in [4.78, 5) is 14.9. The molecule has 0 aliphatic rings. The number of amides is 2. The van der Waals surface area contributed by atoms with Crippen molar-refractivity contribution >= 4 is 17.4 Å². The predicted molar refractivity (Wildman–Crippen MR) is 76.8 cm³/mol. The van der Waals surface area contributed by atoms with Gasteiger partial charge in [-0.05, 0) is 24.3 Å². The van der Waals surface area contributed by atoms with Gasteiger partial charge in [-0.3, -0.25) is 0 Å². The van der Waals surface area contributed by atoms with Gasteiger partial charge in [0.25, 0.3) is 0 Å². The van der Waals surface area contributed by atoms with Crippen molar-refractivity contribution in [3.8, 4) is 10.6 Å². The van der Waals surface area contributed by atoms with Crippen molar-refractivity contribution in [3.63, 3.8) is 0 Å². The molecule has 1 aromatic carbocycles. The van der Waals surface area contributed by atoms with E-state index in [1.807, 2.05) is 5.38 Å². The van der Waals surface area contributed by atoms with Gasteiger partial charge in [0.15, 0.2) is 0 Å². The van der Waals surface area contributed by atoms with Crippen LogP contribution >= 0.6 is 11.3 Å². The van der Waals surface area contributed by atoms with E-state index in [-0.39, 0.29) is 5.82 Å². The second kappa shape index (κ2) is 6.97. The first-order valence-corrected chi connectivity index (χ1v) is 6.97. The lowest BCUT2D eigenvalue weighted by Crippen LogP contribution is -2.35. The molecule has 2 aromatic rings. The largest absolute Gasteiger partial charge is 0.352 e. The van der Waals surface area contributed by atoms with Crippen LogP contribution < -0.4 is 16.4 Å². The average Bonchev–Trinajstić information content (AvgIpc) is 2.87. The SMILES string of the molecule is NC(=O)NCCNCc1csc(-c2ccc(F)cc2)n1. The summed E-state index contributed by atoms with van der Waals surface area (Å²) in [5, 5.41) is 8.45. The summed E-state index contributed by atoms with van der Waals surface area (Å²) in [5.74, 6) is -0.255. The molecule has 0 aliphatic carbocycles. The van der Waals surface area contributed by atoms with E-state index in [0.29, 0.717) is 19.6 Å². The zero-order valence-electron chi connectivity index (χ0n) is 10.7. The summed E-state index contributed by atoms with van der Waals surface area (Å²) >= 11 is 1.51. The average molecular weight is 294 g/mol. The first kappa shape index (κ1) is 14.4. The maximum Gasteiger partial charge on any atom is 0.312 e. The fourth-order valence-electron chi connectivity index (χ4n) is 1.60. The predicted octanol–water partition coefficient (Wildman–Crippen LogP) is 1.71. The summed E-state index contributed by atoms with van der Waals surface area (Å²) in [6.45, 7) is 1.70. The van der Waals surface area contributed by atoms with Gasteiger partial charge in [0, 0.05) is 30.6 Å². The Labute approximate surface area is 120 Å². The number of aromatic nitrogens is 1. The molecule has 0 atom stereocenters. The molecule has 20 heavy (non-hydrogen) atoms. The van der Waals surface area contributed by atoms with Crippen LogP contribution in [0.4, 0.5) is 9.18 Å². The molecule has 0 spiro atoms. The zero-order chi connectivity index (χ0) is 14.4. The molecule has 7 heteroatoms. The summed E-state index contributed by atoms with van der Waals surface area (Å²) in [6, 6.07) is 5.73. The molecule has 0 fully saturated rings.